The van der Waals surface area contributed by atoms with Crippen LogP contribution in [-0.4, -0.2) is 9.97 Å². The van der Waals surface area contributed by atoms with E-state index in [1.165, 1.54) is 29.8 Å². The predicted octanol–water partition coefficient (Wildman–Crippen LogP) is 4.40. The van der Waals surface area contributed by atoms with E-state index in [1.54, 1.807) is 0 Å². The number of rotatable bonds is 1. The minimum absolute atomic E-state index is 0.411. The van der Waals surface area contributed by atoms with Gasteiger partial charge in [0.05, 0.1) is 20.4 Å². The summed E-state index contributed by atoms with van der Waals surface area (Å²) in [5, 5.41) is 1.87. The second-order valence-electron chi connectivity index (χ2n) is 3.64. The van der Waals surface area contributed by atoms with Gasteiger partial charge in [-0.1, -0.05) is 0 Å². The number of benzene rings is 1. The van der Waals surface area contributed by atoms with Crippen LogP contribution in [0.5, 0.6) is 0 Å². The molecule has 0 aliphatic rings. The van der Waals surface area contributed by atoms with Gasteiger partial charge in [0.2, 0.25) is 0 Å². The first kappa shape index (κ1) is 11.7. The Morgan fingerprint density at radius 3 is 2.50 bits per heavy atom. The molecule has 0 unspecified atom stereocenters. The lowest BCUT2D eigenvalue weighted by Crippen LogP contribution is -1.89. The number of hydrogen-bond donors (Lipinski definition) is 0. The van der Waals surface area contributed by atoms with Gasteiger partial charge in [-0.05, 0) is 28.1 Å². The summed E-state index contributed by atoms with van der Waals surface area (Å²) >= 11 is 4.80. The zero-order chi connectivity index (χ0) is 12.7. The third-order valence-electron chi connectivity index (χ3n) is 2.45. The zero-order valence-electron chi connectivity index (χ0n) is 8.82. The van der Waals surface area contributed by atoms with E-state index in [1.807, 2.05) is 5.38 Å². The number of fused-ring (bicyclic) bond motifs is 1. The molecule has 1 aromatic carbocycles. The van der Waals surface area contributed by atoms with E-state index in [2.05, 4.69) is 25.9 Å². The van der Waals surface area contributed by atoms with Crippen molar-refractivity contribution in [2.75, 3.05) is 0 Å². The summed E-state index contributed by atoms with van der Waals surface area (Å²) in [7, 11) is 0. The van der Waals surface area contributed by atoms with Crippen molar-refractivity contribution in [3.63, 3.8) is 0 Å². The van der Waals surface area contributed by atoms with Crippen molar-refractivity contribution in [2.45, 2.75) is 0 Å². The standard InChI is InChI=1S/C12H5BrF2N2S/c13-9-4-18-12-10(16-5-17-11(9)12)6-1-7(14)3-8(15)2-6/h1-5H. The Bertz CT molecular complexity index is 722. The largest absolute Gasteiger partial charge is 0.235 e. The third kappa shape index (κ3) is 1.91. The van der Waals surface area contributed by atoms with Gasteiger partial charge < -0.3 is 0 Å². The van der Waals surface area contributed by atoms with Crippen molar-refractivity contribution in [3.8, 4) is 11.3 Å². The summed E-state index contributed by atoms with van der Waals surface area (Å²) in [6.07, 6.45) is 1.39. The summed E-state index contributed by atoms with van der Waals surface area (Å²) in [6, 6.07) is 3.36. The number of nitrogens with zero attached hydrogens (tertiary/aromatic N) is 2. The van der Waals surface area contributed by atoms with Crippen LogP contribution in [0.2, 0.25) is 0 Å². The fourth-order valence-corrected chi connectivity index (χ4v) is 3.32. The quantitative estimate of drug-likeness (QED) is 0.662. The Morgan fingerprint density at radius 1 is 1.06 bits per heavy atom. The molecule has 18 heavy (non-hydrogen) atoms. The molecule has 0 aliphatic heterocycles. The maximum absolute atomic E-state index is 13.2. The summed E-state index contributed by atoms with van der Waals surface area (Å²) in [5.74, 6) is -1.24. The van der Waals surface area contributed by atoms with Crippen LogP contribution in [0.15, 0.2) is 34.4 Å². The van der Waals surface area contributed by atoms with Gasteiger partial charge in [0, 0.05) is 17.0 Å². The average molecular weight is 327 g/mol. The van der Waals surface area contributed by atoms with E-state index in [-0.39, 0.29) is 0 Å². The molecule has 0 spiro atoms. The van der Waals surface area contributed by atoms with Gasteiger partial charge in [-0.2, -0.15) is 0 Å². The Morgan fingerprint density at radius 2 is 1.78 bits per heavy atom. The van der Waals surface area contributed by atoms with Crippen LogP contribution in [-0.2, 0) is 0 Å². The molecule has 0 saturated carbocycles. The van der Waals surface area contributed by atoms with Gasteiger partial charge in [-0.3, -0.25) is 0 Å². The Balaban J connectivity index is 2.31. The smallest absolute Gasteiger partial charge is 0.126 e. The number of halogens is 3. The lowest BCUT2D eigenvalue weighted by molar-refractivity contribution is 0.584. The Labute approximate surface area is 113 Å². The van der Waals surface area contributed by atoms with Gasteiger partial charge in [-0.15, -0.1) is 11.3 Å². The molecule has 3 aromatic rings. The van der Waals surface area contributed by atoms with Crippen molar-refractivity contribution in [3.05, 3.63) is 46.0 Å². The van der Waals surface area contributed by atoms with E-state index < -0.39 is 11.6 Å². The van der Waals surface area contributed by atoms with E-state index in [9.17, 15) is 8.78 Å². The lowest BCUT2D eigenvalue weighted by Gasteiger charge is -2.02. The van der Waals surface area contributed by atoms with Crippen LogP contribution in [0.3, 0.4) is 0 Å². The van der Waals surface area contributed by atoms with Crippen LogP contribution < -0.4 is 0 Å². The first-order valence-corrected chi connectivity index (χ1v) is 6.66. The number of thiophene rings is 1. The van der Waals surface area contributed by atoms with E-state index in [0.29, 0.717) is 11.3 Å². The molecule has 0 amide bonds. The molecule has 0 fully saturated rings. The average Bonchev–Trinajstić information content (AvgIpc) is 2.70. The minimum atomic E-state index is -0.618. The van der Waals surface area contributed by atoms with Crippen molar-refractivity contribution >= 4 is 37.5 Å². The van der Waals surface area contributed by atoms with Gasteiger partial charge in [0.25, 0.3) is 0 Å². The van der Waals surface area contributed by atoms with Crippen LogP contribution in [0.4, 0.5) is 8.78 Å². The zero-order valence-corrected chi connectivity index (χ0v) is 11.2. The molecule has 0 atom stereocenters. The van der Waals surface area contributed by atoms with Gasteiger partial charge in [0.15, 0.2) is 0 Å². The monoisotopic (exact) mass is 326 g/mol. The molecular formula is C12H5BrF2N2S. The predicted molar refractivity (Wildman–Crippen MR) is 70.5 cm³/mol. The second kappa shape index (κ2) is 4.37. The molecule has 0 radical (unpaired) electrons. The first-order chi connectivity index (χ1) is 8.65. The van der Waals surface area contributed by atoms with E-state index in [4.69, 9.17) is 0 Å². The molecule has 0 aliphatic carbocycles. The van der Waals surface area contributed by atoms with Crippen LogP contribution in [0, 0.1) is 11.6 Å². The third-order valence-corrected chi connectivity index (χ3v) is 4.33. The first-order valence-electron chi connectivity index (χ1n) is 4.99. The minimum Gasteiger partial charge on any atom is -0.235 e. The molecule has 2 heterocycles. The van der Waals surface area contributed by atoms with Crippen molar-refractivity contribution in [2.24, 2.45) is 0 Å². The van der Waals surface area contributed by atoms with Crippen molar-refractivity contribution in [1.82, 2.24) is 9.97 Å². The van der Waals surface area contributed by atoms with Crippen molar-refractivity contribution in [1.29, 1.82) is 0 Å². The summed E-state index contributed by atoms with van der Waals surface area (Å²) in [5.41, 5.74) is 1.69. The molecule has 6 heteroatoms. The maximum Gasteiger partial charge on any atom is 0.126 e. The van der Waals surface area contributed by atoms with Crippen LogP contribution >= 0.6 is 27.3 Å². The molecule has 0 saturated heterocycles. The molecule has 3 rings (SSSR count). The Kier molecular flexibility index (Phi) is 2.83. The second-order valence-corrected chi connectivity index (χ2v) is 5.38. The molecule has 90 valence electrons. The fraction of sp³-hybridized carbons (Fsp3) is 0. The molecule has 2 nitrogen and oxygen atoms in total. The Hall–Kier alpha value is -1.40. The van der Waals surface area contributed by atoms with Gasteiger partial charge in [0.1, 0.15) is 18.0 Å². The number of aromatic nitrogens is 2. The van der Waals surface area contributed by atoms with Gasteiger partial charge in [-0.25, -0.2) is 18.7 Å². The lowest BCUT2D eigenvalue weighted by atomic mass is 10.1. The highest BCUT2D eigenvalue weighted by atomic mass is 79.9. The molecule has 0 bridgehead atoms. The summed E-state index contributed by atoms with van der Waals surface area (Å²) in [6.45, 7) is 0. The fourth-order valence-electron chi connectivity index (χ4n) is 1.72. The van der Waals surface area contributed by atoms with Gasteiger partial charge >= 0.3 is 0 Å². The molecule has 0 N–H and O–H groups in total. The maximum atomic E-state index is 13.2. The molecular weight excluding hydrogens is 322 g/mol. The van der Waals surface area contributed by atoms with Crippen molar-refractivity contribution < 1.29 is 8.78 Å². The number of hydrogen-bond acceptors (Lipinski definition) is 3. The van der Waals surface area contributed by atoms with Crippen LogP contribution in [0.25, 0.3) is 21.5 Å². The molecule has 2 aromatic heterocycles. The topological polar surface area (TPSA) is 25.8 Å². The summed E-state index contributed by atoms with van der Waals surface area (Å²) < 4.78 is 28.1. The van der Waals surface area contributed by atoms with E-state index >= 15 is 0 Å². The highest BCUT2D eigenvalue weighted by Gasteiger charge is 2.12. The van der Waals surface area contributed by atoms with Crippen LogP contribution in [0.1, 0.15) is 0 Å². The highest BCUT2D eigenvalue weighted by molar-refractivity contribution is 9.10. The SMILES string of the molecule is Fc1cc(F)cc(-c2ncnc3c(Br)csc23)c1. The summed E-state index contributed by atoms with van der Waals surface area (Å²) in [4.78, 5) is 8.25. The van der Waals surface area contributed by atoms with E-state index in [0.717, 1.165) is 20.8 Å². The normalized spacial score (nSPS) is 11.1. The highest BCUT2D eigenvalue weighted by Crippen LogP contribution is 2.34.